The van der Waals surface area contributed by atoms with Crippen LogP contribution in [0.25, 0.3) is 11.3 Å². The summed E-state index contributed by atoms with van der Waals surface area (Å²) in [5, 5.41) is 0. The molecule has 0 aliphatic carbocycles. The van der Waals surface area contributed by atoms with E-state index in [1.165, 1.54) is 11.1 Å². The molecule has 22 heavy (non-hydrogen) atoms. The molecular formula is C19H27N3. The first-order chi connectivity index (χ1) is 10.6. The van der Waals surface area contributed by atoms with E-state index < -0.39 is 0 Å². The first-order valence-electron chi connectivity index (χ1n) is 8.02. The van der Waals surface area contributed by atoms with E-state index in [1.54, 1.807) is 0 Å². The Morgan fingerprint density at radius 3 is 2.41 bits per heavy atom. The van der Waals surface area contributed by atoms with Crippen LogP contribution in [-0.4, -0.2) is 48.5 Å². The molecule has 1 aromatic heterocycles. The van der Waals surface area contributed by atoms with Crippen molar-refractivity contribution in [1.82, 2.24) is 14.8 Å². The molecule has 3 nitrogen and oxygen atoms in total. The first kappa shape index (κ1) is 16.7. The Morgan fingerprint density at radius 1 is 1.00 bits per heavy atom. The number of rotatable bonds is 7. The summed E-state index contributed by atoms with van der Waals surface area (Å²) in [6.45, 7) is 7.70. The van der Waals surface area contributed by atoms with Gasteiger partial charge in [-0.05, 0) is 45.3 Å². The molecule has 1 atom stereocenters. The van der Waals surface area contributed by atoms with Crippen LogP contribution in [0.15, 0.2) is 48.7 Å². The van der Waals surface area contributed by atoms with Gasteiger partial charge in [0.2, 0.25) is 0 Å². The van der Waals surface area contributed by atoms with E-state index in [1.807, 2.05) is 18.3 Å². The molecular weight excluding hydrogens is 270 g/mol. The molecule has 2 rings (SSSR count). The number of hydrogen-bond donors (Lipinski definition) is 0. The molecule has 118 valence electrons. The van der Waals surface area contributed by atoms with E-state index >= 15 is 0 Å². The summed E-state index contributed by atoms with van der Waals surface area (Å²) in [5.41, 5.74) is 3.61. The fourth-order valence-corrected chi connectivity index (χ4v) is 2.53. The van der Waals surface area contributed by atoms with Crippen molar-refractivity contribution in [3.8, 4) is 11.3 Å². The van der Waals surface area contributed by atoms with Crippen molar-refractivity contribution in [3.05, 3.63) is 54.2 Å². The van der Waals surface area contributed by atoms with E-state index in [2.05, 4.69) is 73.1 Å². The van der Waals surface area contributed by atoms with Crippen LogP contribution in [0.3, 0.4) is 0 Å². The lowest BCUT2D eigenvalue weighted by molar-refractivity contribution is 0.221. The minimum atomic E-state index is 0.364. The van der Waals surface area contributed by atoms with Gasteiger partial charge in [0.15, 0.2) is 0 Å². The van der Waals surface area contributed by atoms with Crippen molar-refractivity contribution < 1.29 is 0 Å². The molecule has 1 unspecified atom stereocenters. The minimum absolute atomic E-state index is 0.364. The molecule has 0 aliphatic heterocycles. The highest BCUT2D eigenvalue weighted by molar-refractivity contribution is 5.64. The molecule has 0 saturated carbocycles. The van der Waals surface area contributed by atoms with E-state index in [4.69, 9.17) is 0 Å². The zero-order chi connectivity index (χ0) is 15.9. The molecule has 0 N–H and O–H groups in total. The average molecular weight is 297 g/mol. The number of pyridine rings is 1. The van der Waals surface area contributed by atoms with Gasteiger partial charge in [-0.2, -0.15) is 0 Å². The molecule has 1 heterocycles. The van der Waals surface area contributed by atoms with Crippen molar-refractivity contribution in [2.75, 3.05) is 33.7 Å². The topological polar surface area (TPSA) is 19.4 Å². The summed E-state index contributed by atoms with van der Waals surface area (Å²) < 4.78 is 0. The third-order valence-corrected chi connectivity index (χ3v) is 4.39. The summed E-state index contributed by atoms with van der Waals surface area (Å²) in [4.78, 5) is 9.26. The Balaban J connectivity index is 2.18. The van der Waals surface area contributed by atoms with Crippen LogP contribution in [0.4, 0.5) is 0 Å². The molecule has 0 aliphatic rings. The largest absolute Gasteiger partial charge is 0.305 e. The van der Waals surface area contributed by atoms with Crippen LogP contribution in [-0.2, 0) is 0 Å². The van der Waals surface area contributed by atoms with Crippen LogP contribution in [0.5, 0.6) is 0 Å². The van der Waals surface area contributed by atoms with Crippen LogP contribution >= 0.6 is 0 Å². The molecule has 0 saturated heterocycles. The fraction of sp³-hybridized carbons (Fsp3) is 0.421. The Kier molecular flexibility index (Phi) is 6.10. The quantitative estimate of drug-likeness (QED) is 0.777. The highest BCUT2D eigenvalue weighted by atomic mass is 15.2. The highest BCUT2D eigenvalue weighted by Gasteiger charge is 2.16. The normalized spacial score (nSPS) is 12.8. The van der Waals surface area contributed by atoms with Crippen molar-refractivity contribution in [2.24, 2.45) is 0 Å². The second-order valence-corrected chi connectivity index (χ2v) is 5.85. The maximum absolute atomic E-state index is 4.51. The van der Waals surface area contributed by atoms with Gasteiger partial charge in [-0.25, -0.2) is 0 Å². The maximum atomic E-state index is 4.51. The van der Waals surface area contributed by atoms with Gasteiger partial charge < -0.3 is 4.90 Å². The number of benzene rings is 1. The lowest BCUT2D eigenvalue weighted by Gasteiger charge is -2.28. The van der Waals surface area contributed by atoms with Crippen molar-refractivity contribution >= 4 is 0 Å². The monoisotopic (exact) mass is 297 g/mol. The molecule has 0 spiro atoms. The van der Waals surface area contributed by atoms with E-state index in [0.29, 0.717) is 6.04 Å². The fourth-order valence-electron chi connectivity index (χ4n) is 2.53. The van der Waals surface area contributed by atoms with Crippen molar-refractivity contribution in [3.63, 3.8) is 0 Å². The lowest BCUT2D eigenvalue weighted by atomic mass is 9.98. The van der Waals surface area contributed by atoms with Crippen molar-refractivity contribution in [1.29, 1.82) is 0 Å². The van der Waals surface area contributed by atoms with Gasteiger partial charge in [-0.1, -0.05) is 37.3 Å². The highest BCUT2D eigenvalue weighted by Crippen LogP contribution is 2.29. The van der Waals surface area contributed by atoms with Gasteiger partial charge in [-0.3, -0.25) is 9.88 Å². The Bertz CT molecular complexity index is 568. The molecule has 0 amide bonds. The predicted octanol–water partition coefficient (Wildman–Crippen LogP) is 3.69. The van der Waals surface area contributed by atoms with Gasteiger partial charge in [0.25, 0.3) is 0 Å². The summed E-state index contributed by atoms with van der Waals surface area (Å²) >= 11 is 0. The second-order valence-electron chi connectivity index (χ2n) is 5.85. The second kappa shape index (κ2) is 8.06. The molecule has 2 aromatic rings. The van der Waals surface area contributed by atoms with Gasteiger partial charge in [0.1, 0.15) is 0 Å². The predicted molar refractivity (Wildman–Crippen MR) is 93.9 cm³/mol. The van der Waals surface area contributed by atoms with Crippen LogP contribution in [0.2, 0.25) is 0 Å². The van der Waals surface area contributed by atoms with Gasteiger partial charge in [0.05, 0.1) is 5.69 Å². The van der Waals surface area contributed by atoms with Gasteiger partial charge in [0, 0.05) is 30.9 Å². The SMILES string of the molecule is CCN(C)CCN(C)C(C)c1ccccc1-c1ccccn1. The zero-order valence-corrected chi connectivity index (χ0v) is 14.2. The van der Waals surface area contributed by atoms with Gasteiger partial charge in [-0.15, -0.1) is 0 Å². The molecule has 0 fully saturated rings. The van der Waals surface area contributed by atoms with E-state index in [-0.39, 0.29) is 0 Å². The Labute approximate surface area is 134 Å². The summed E-state index contributed by atoms with van der Waals surface area (Å²) in [6.07, 6.45) is 1.86. The number of hydrogen-bond acceptors (Lipinski definition) is 3. The van der Waals surface area contributed by atoms with Crippen LogP contribution in [0, 0.1) is 0 Å². The molecule has 0 radical (unpaired) electrons. The Hall–Kier alpha value is -1.71. The van der Waals surface area contributed by atoms with Crippen molar-refractivity contribution in [2.45, 2.75) is 19.9 Å². The number of likely N-dealkylation sites (N-methyl/N-ethyl adjacent to an activating group) is 2. The summed E-state index contributed by atoms with van der Waals surface area (Å²) in [6, 6.07) is 15.0. The average Bonchev–Trinajstić information content (AvgIpc) is 2.59. The molecule has 1 aromatic carbocycles. The minimum Gasteiger partial charge on any atom is -0.305 e. The molecule has 3 heteroatoms. The smallest absolute Gasteiger partial charge is 0.0705 e. The van der Waals surface area contributed by atoms with Crippen LogP contribution < -0.4 is 0 Å². The first-order valence-corrected chi connectivity index (χ1v) is 8.02. The zero-order valence-electron chi connectivity index (χ0n) is 14.2. The van der Waals surface area contributed by atoms with E-state index in [0.717, 1.165) is 25.3 Å². The Morgan fingerprint density at radius 2 is 1.73 bits per heavy atom. The third kappa shape index (κ3) is 4.15. The summed E-state index contributed by atoms with van der Waals surface area (Å²) in [5.74, 6) is 0. The maximum Gasteiger partial charge on any atom is 0.0705 e. The third-order valence-electron chi connectivity index (χ3n) is 4.39. The van der Waals surface area contributed by atoms with E-state index in [9.17, 15) is 0 Å². The molecule has 0 bridgehead atoms. The van der Waals surface area contributed by atoms with Crippen LogP contribution in [0.1, 0.15) is 25.5 Å². The summed E-state index contributed by atoms with van der Waals surface area (Å²) in [7, 11) is 4.36. The number of aromatic nitrogens is 1. The lowest BCUT2D eigenvalue weighted by Crippen LogP contribution is -2.32. The van der Waals surface area contributed by atoms with Gasteiger partial charge >= 0.3 is 0 Å². The number of nitrogens with zero attached hydrogens (tertiary/aromatic N) is 3. The standard InChI is InChI=1S/C19H27N3/c1-5-21(3)14-15-22(4)16(2)17-10-6-7-11-18(17)19-12-8-9-13-20-19/h6-13,16H,5,14-15H2,1-4H3.